The summed E-state index contributed by atoms with van der Waals surface area (Å²) in [7, 11) is -4.32. The molecule has 4 nitrogen and oxygen atoms in total. The van der Waals surface area contributed by atoms with Gasteiger partial charge in [-0.25, -0.2) is 8.42 Å². The van der Waals surface area contributed by atoms with Gasteiger partial charge in [-0.05, 0) is 37.9 Å². The van der Waals surface area contributed by atoms with Crippen LogP contribution >= 0.6 is 11.6 Å². The van der Waals surface area contributed by atoms with E-state index in [1.165, 1.54) is 10.4 Å². The van der Waals surface area contributed by atoms with E-state index in [0.29, 0.717) is 32.4 Å². The second-order valence-electron chi connectivity index (χ2n) is 5.83. The van der Waals surface area contributed by atoms with E-state index in [1.807, 2.05) is 0 Å². The maximum atomic E-state index is 13.3. The molecule has 2 atom stereocenters. The number of nitrogens with one attached hydrogen (secondary N) is 1. The summed E-state index contributed by atoms with van der Waals surface area (Å²) in [5.74, 6) is 0. The Balaban J connectivity index is 2.14. The van der Waals surface area contributed by atoms with Crippen molar-refractivity contribution in [2.45, 2.75) is 42.4 Å². The molecule has 9 heteroatoms. The van der Waals surface area contributed by atoms with Gasteiger partial charge in [0.2, 0.25) is 10.0 Å². The average Bonchev–Trinajstić information content (AvgIpc) is 2.71. The van der Waals surface area contributed by atoms with Crippen molar-refractivity contribution in [2.75, 3.05) is 13.1 Å². The van der Waals surface area contributed by atoms with E-state index in [0.717, 1.165) is 12.1 Å². The monoisotopic (exact) mass is 368 g/mol. The molecule has 2 aliphatic heterocycles. The predicted molar refractivity (Wildman–Crippen MR) is 79.8 cm³/mol. The molecule has 0 aromatic heterocycles. The van der Waals surface area contributed by atoms with E-state index in [2.05, 4.69) is 5.32 Å². The highest BCUT2D eigenvalue weighted by atomic mass is 35.5. The van der Waals surface area contributed by atoms with E-state index in [-0.39, 0.29) is 12.1 Å². The molecular weight excluding hydrogens is 353 g/mol. The van der Waals surface area contributed by atoms with Gasteiger partial charge in [0, 0.05) is 18.6 Å². The average molecular weight is 369 g/mol. The Bertz CT molecular complexity index is 694. The van der Waals surface area contributed by atoms with Gasteiger partial charge in [0.15, 0.2) is 0 Å². The Labute approximate surface area is 137 Å². The Kier molecular flexibility index (Phi) is 4.37. The Morgan fingerprint density at radius 3 is 2.57 bits per heavy atom. The number of hydrogen-bond acceptors (Lipinski definition) is 3. The van der Waals surface area contributed by atoms with Crippen molar-refractivity contribution in [1.29, 1.82) is 0 Å². The van der Waals surface area contributed by atoms with E-state index < -0.39 is 31.7 Å². The summed E-state index contributed by atoms with van der Waals surface area (Å²) < 4.78 is 67.0. The zero-order valence-electron chi connectivity index (χ0n) is 12.1. The van der Waals surface area contributed by atoms with Crippen LogP contribution in [0, 0.1) is 0 Å². The van der Waals surface area contributed by atoms with Gasteiger partial charge < -0.3 is 5.32 Å². The highest BCUT2D eigenvalue weighted by Gasteiger charge is 2.47. The lowest BCUT2D eigenvalue weighted by atomic mass is 10.1. The summed E-state index contributed by atoms with van der Waals surface area (Å²) in [5.41, 5.74) is -1.21. The number of alkyl halides is 3. The van der Waals surface area contributed by atoms with Crippen LogP contribution < -0.4 is 5.32 Å². The normalized spacial score (nSPS) is 26.3. The Morgan fingerprint density at radius 2 is 1.87 bits per heavy atom. The molecule has 1 N–H and O–H groups in total. The molecule has 0 saturated carbocycles. The fraction of sp³-hybridized carbons (Fsp3) is 0.571. The molecule has 2 fully saturated rings. The van der Waals surface area contributed by atoms with Crippen molar-refractivity contribution in [2.24, 2.45) is 0 Å². The van der Waals surface area contributed by atoms with Crippen molar-refractivity contribution in [1.82, 2.24) is 9.62 Å². The van der Waals surface area contributed by atoms with E-state index in [9.17, 15) is 21.6 Å². The topological polar surface area (TPSA) is 49.4 Å². The third kappa shape index (κ3) is 2.97. The van der Waals surface area contributed by atoms with E-state index in [4.69, 9.17) is 11.6 Å². The fourth-order valence-electron chi connectivity index (χ4n) is 3.43. The molecule has 0 aliphatic carbocycles. The number of sulfonamides is 1. The lowest BCUT2D eigenvalue weighted by Crippen LogP contribution is -2.43. The third-order valence-electron chi connectivity index (χ3n) is 4.40. The minimum absolute atomic E-state index is 0.280. The number of hydrogen-bond donors (Lipinski definition) is 1. The van der Waals surface area contributed by atoms with Crippen LogP contribution in [0.2, 0.25) is 5.02 Å². The molecule has 1 aromatic carbocycles. The molecule has 23 heavy (non-hydrogen) atoms. The van der Waals surface area contributed by atoms with Crippen LogP contribution in [0.5, 0.6) is 0 Å². The maximum Gasteiger partial charge on any atom is 0.417 e. The second kappa shape index (κ2) is 5.91. The number of nitrogens with zero attached hydrogens (tertiary/aromatic N) is 1. The zero-order chi connectivity index (χ0) is 16.8. The first-order chi connectivity index (χ1) is 10.7. The summed E-state index contributed by atoms with van der Waals surface area (Å²) in [5, 5.41) is 2.74. The van der Waals surface area contributed by atoms with Crippen molar-refractivity contribution < 1.29 is 21.6 Å². The second-order valence-corrected chi connectivity index (χ2v) is 8.01. The van der Waals surface area contributed by atoms with Gasteiger partial charge in [-0.2, -0.15) is 17.5 Å². The third-order valence-corrected chi connectivity index (χ3v) is 6.93. The van der Waals surface area contributed by atoms with Gasteiger partial charge in [-0.3, -0.25) is 0 Å². The quantitative estimate of drug-likeness (QED) is 0.873. The number of fused-ring (bicyclic) bond motifs is 2. The number of halogens is 4. The molecule has 2 heterocycles. The van der Waals surface area contributed by atoms with Crippen molar-refractivity contribution in [3.63, 3.8) is 0 Å². The molecule has 2 unspecified atom stereocenters. The fourth-order valence-corrected chi connectivity index (χ4v) is 6.06. The minimum Gasteiger partial charge on any atom is -0.315 e. The first-order valence-corrected chi connectivity index (χ1v) is 9.14. The van der Waals surface area contributed by atoms with Crippen LogP contribution in [0.3, 0.4) is 0 Å². The zero-order valence-corrected chi connectivity index (χ0v) is 13.7. The van der Waals surface area contributed by atoms with Crippen LogP contribution in [0.4, 0.5) is 13.2 Å². The molecule has 0 radical (unpaired) electrons. The molecule has 3 rings (SSSR count). The number of benzene rings is 1. The van der Waals surface area contributed by atoms with E-state index >= 15 is 0 Å². The van der Waals surface area contributed by atoms with Gasteiger partial charge >= 0.3 is 6.18 Å². The predicted octanol–water partition coefficient (Wildman–Crippen LogP) is 2.87. The molecule has 0 amide bonds. The summed E-state index contributed by atoms with van der Waals surface area (Å²) in [6, 6.07) is 2.45. The van der Waals surface area contributed by atoms with Gasteiger partial charge in [-0.15, -0.1) is 0 Å². The summed E-state index contributed by atoms with van der Waals surface area (Å²) >= 11 is 5.87. The molecule has 2 bridgehead atoms. The molecule has 0 spiro atoms. The van der Waals surface area contributed by atoms with Crippen LogP contribution in [0.15, 0.2) is 23.1 Å². The first-order valence-electron chi connectivity index (χ1n) is 7.33. The van der Waals surface area contributed by atoms with Crippen LogP contribution in [-0.2, 0) is 16.2 Å². The van der Waals surface area contributed by atoms with Gasteiger partial charge in [0.05, 0.1) is 10.6 Å². The summed E-state index contributed by atoms with van der Waals surface area (Å²) in [4.78, 5) is -0.826. The molecule has 1 aromatic rings. The molecule has 128 valence electrons. The molecular formula is C14H16ClF3N2O2S. The van der Waals surface area contributed by atoms with E-state index in [1.54, 1.807) is 0 Å². The van der Waals surface area contributed by atoms with Crippen molar-refractivity contribution >= 4 is 21.6 Å². The summed E-state index contributed by atoms with van der Waals surface area (Å²) in [6.07, 6.45) is -2.89. The van der Waals surface area contributed by atoms with Crippen molar-refractivity contribution in [3.8, 4) is 0 Å². The standard InChI is InChI=1S/C14H16ClF3N2O2S/c15-12-3-1-2-11(14(16,17)18)13(12)23(21,22)20-9-4-5-10(20)8-19-7-6-9/h1-3,9-10,19H,4-8H2. The maximum absolute atomic E-state index is 13.3. The Morgan fingerprint density at radius 1 is 1.17 bits per heavy atom. The minimum atomic E-state index is -4.78. The SMILES string of the molecule is O=S(=O)(c1c(Cl)cccc1C(F)(F)F)N1C2CCNCC1CC2. The first kappa shape index (κ1) is 17.0. The largest absolute Gasteiger partial charge is 0.417 e. The smallest absolute Gasteiger partial charge is 0.315 e. The van der Waals surface area contributed by atoms with Crippen LogP contribution in [-0.4, -0.2) is 37.9 Å². The van der Waals surface area contributed by atoms with Gasteiger partial charge in [-0.1, -0.05) is 17.7 Å². The van der Waals surface area contributed by atoms with Crippen LogP contribution in [0.1, 0.15) is 24.8 Å². The van der Waals surface area contributed by atoms with Gasteiger partial charge in [0.1, 0.15) is 4.90 Å². The van der Waals surface area contributed by atoms with Crippen molar-refractivity contribution in [3.05, 3.63) is 28.8 Å². The highest BCUT2D eigenvalue weighted by molar-refractivity contribution is 7.89. The summed E-state index contributed by atoms with van der Waals surface area (Å²) in [6.45, 7) is 1.10. The highest BCUT2D eigenvalue weighted by Crippen LogP contribution is 2.42. The lowest BCUT2D eigenvalue weighted by molar-refractivity contribution is -0.139. The Hall–Kier alpha value is -0.830. The number of rotatable bonds is 2. The van der Waals surface area contributed by atoms with Crippen LogP contribution in [0.25, 0.3) is 0 Å². The molecule has 2 aliphatic rings. The molecule has 2 saturated heterocycles. The van der Waals surface area contributed by atoms with Gasteiger partial charge in [0.25, 0.3) is 0 Å². The lowest BCUT2D eigenvalue weighted by Gasteiger charge is -2.28.